The zero-order valence-corrected chi connectivity index (χ0v) is 13.1. The predicted molar refractivity (Wildman–Crippen MR) is 85.0 cm³/mol. The number of nitrogens with two attached hydrogens (primary N) is 1. The molecule has 0 saturated carbocycles. The molecule has 3 rings (SSSR count). The molecule has 2 saturated heterocycles. The van der Waals surface area contributed by atoms with Crippen LogP contribution in [0.2, 0.25) is 0 Å². The van der Waals surface area contributed by atoms with Crippen molar-refractivity contribution in [3.05, 3.63) is 29.6 Å². The van der Waals surface area contributed by atoms with Gasteiger partial charge in [-0.05, 0) is 63.4 Å². The molecular weight excluding hydrogens is 265 g/mol. The molecule has 3 atom stereocenters. The van der Waals surface area contributed by atoms with Crippen LogP contribution < -0.4 is 10.6 Å². The Hall–Kier alpha value is -1.13. The van der Waals surface area contributed by atoms with Crippen LogP contribution in [0.25, 0.3) is 0 Å². The van der Waals surface area contributed by atoms with E-state index in [0.29, 0.717) is 12.0 Å². The number of hydrogen-bond donors (Lipinski definition) is 1. The highest BCUT2D eigenvalue weighted by molar-refractivity contribution is 5.50. The molecule has 21 heavy (non-hydrogen) atoms. The van der Waals surface area contributed by atoms with Gasteiger partial charge in [-0.2, -0.15) is 0 Å². The van der Waals surface area contributed by atoms with E-state index in [1.807, 2.05) is 19.1 Å². The molecule has 1 aromatic rings. The van der Waals surface area contributed by atoms with Crippen LogP contribution in [0.1, 0.15) is 37.8 Å². The number of hydrogen-bond acceptors (Lipinski definition) is 3. The Morgan fingerprint density at radius 2 is 2.10 bits per heavy atom. The third-order valence-electron chi connectivity index (χ3n) is 5.18. The maximum Gasteiger partial charge on any atom is 0.146 e. The van der Waals surface area contributed by atoms with E-state index >= 15 is 0 Å². The summed E-state index contributed by atoms with van der Waals surface area (Å²) in [7, 11) is 2.23. The highest BCUT2D eigenvalue weighted by Gasteiger charge is 2.34. The van der Waals surface area contributed by atoms with Crippen molar-refractivity contribution in [1.82, 2.24) is 4.90 Å². The molecule has 3 nitrogen and oxygen atoms in total. The van der Waals surface area contributed by atoms with E-state index in [4.69, 9.17) is 5.73 Å². The van der Waals surface area contributed by atoms with E-state index in [1.165, 1.54) is 19.4 Å². The summed E-state index contributed by atoms with van der Waals surface area (Å²) in [6.45, 7) is 5.01. The van der Waals surface area contributed by atoms with Gasteiger partial charge in [0.2, 0.25) is 0 Å². The number of likely N-dealkylation sites (tertiary alicyclic amines) is 1. The van der Waals surface area contributed by atoms with Crippen molar-refractivity contribution in [3.8, 4) is 0 Å². The lowest BCUT2D eigenvalue weighted by Gasteiger charge is -2.46. The van der Waals surface area contributed by atoms with Gasteiger partial charge < -0.3 is 15.5 Å². The average Bonchev–Trinajstić information content (AvgIpc) is 2.47. The first-order valence-electron chi connectivity index (χ1n) is 8.06. The molecule has 2 aliphatic rings. The minimum atomic E-state index is -0.132. The largest absolute Gasteiger partial charge is 0.369 e. The van der Waals surface area contributed by atoms with Crippen molar-refractivity contribution in [2.75, 3.05) is 31.6 Å². The molecule has 0 spiro atoms. The number of halogens is 1. The fourth-order valence-corrected chi connectivity index (χ4v) is 3.93. The molecule has 116 valence electrons. The Bertz CT molecular complexity index is 503. The molecule has 0 bridgehead atoms. The maximum absolute atomic E-state index is 14.4. The van der Waals surface area contributed by atoms with Crippen LogP contribution in [0.5, 0.6) is 0 Å². The average molecular weight is 291 g/mol. The van der Waals surface area contributed by atoms with Crippen molar-refractivity contribution in [2.24, 2.45) is 11.7 Å². The molecule has 0 aromatic heterocycles. The Morgan fingerprint density at radius 3 is 2.81 bits per heavy atom. The Kier molecular flexibility index (Phi) is 4.18. The summed E-state index contributed by atoms with van der Waals surface area (Å²) >= 11 is 0. The highest BCUT2D eigenvalue weighted by Crippen LogP contribution is 2.33. The third-order valence-corrected chi connectivity index (χ3v) is 5.18. The van der Waals surface area contributed by atoms with Crippen molar-refractivity contribution in [2.45, 2.75) is 38.3 Å². The number of benzene rings is 1. The molecule has 0 amide bonds. The summed E-state index contributed by atoms with van der Waals surface area (Å²) in [5.41, 5.74) is 7.43. The quantitative estimate of drug-likeness (QED) is 0.909. The third kappa shape index (κ3) is 2.92. The van der Waals surface area contributed by atoms with Crippen molar-refractivity contribution < 1.29 is 4.39 Å². The van der Waals surface area contributed by atoms with E-state index < -0.39 is 0 Å². The lowest BCUT2D eigenvalue weighted by Crippen LogP contribution is -2.52. The van der Waals surface area contributed by atoms with E-state index in [1.54, 1.807) is 6.07 Å². The molecule has 2 heterocycles. The Labute approximate surface area is 126 Å². The predicted octanol–water partition coefficient (Wildman–Crippen LogP) is 2.77. The number of anilines is 1. The first kappa shape index (κ1) is 14.8. The summed E-state index contributed by atoms with van der Waals surface area (Å²) in [6, 6.07) is 6.02. The monoisotopic (exact) mass is 291 g/mol. The number of piperidine rings is 2. The van der Waals surface area contributed by atoms with Gasteiger partial charge in [-0.15, -0.1) is 0 Å². The number of nitrogens with zero attached hydrogens (tertiary/aromatic N) is 2. The maximum atomic E-state index is 14.4. The van der Waals surface area contributed by atoms with Crippen LogP contribution in [-0.2, 0) is 0 Å². The van der Waals surface area contributed by atoms with Crippen LogP contribution >= 0.6 is 0 Å². The molecule has 0 aliphatic carbocycles. The summed E-state index contributed by atoms with van der Waals surface area (Å²) in [5, 5.41) is 0. The van der Waals surface area contributed by atoms with E-state index in [-0.39, 0.29) is 11.9 Å². The fraction of sp³-hybridized carbons (Fsp3) is 0.647. The van der Waals surface area contributed by atoms with Crippen LogP contribution in [0.15, 0.2) is 18.2 Å². The summed E-state index contributed by atoms with van der Waals surface area (Å²) < 4.78 is 14.4. The van der Waals surface area contributed by atoms with Crippen LogP contribution in [-0.4, -0.2) is 37.6 Å². The van der Waals surface area contributed by atoms with Gasteiger partial charge >= 0.3 is 0 Å². The molecule has 2 fully saturated rings. The smallest absolute Gasteiger partial charge is 0.146 e. The van der Waals surface area contributed by atoms with Gasteiger partial charge in [0.1, 0.15) is 5.82 Å². The minimum Gasteiger partial charge on any atom is -0.369 e. The van der Waals surface area contributed by atoms with Crippen LogP contribution in [0, 0.1) is 11.7 Å². The highest BCUT2D eigenvalue weighted by atomic mass is 19.1. The second-order valence-electron chi connectivity index (χ2n) is 6.68. The van der Waals surface area contributed by atoms with Gasteiger partial charge in [0.15, 0.2) is 0 Å². The summed E-state index contributed by atoms with van der Waals surface area (Å²) in [4.78, 5) is 4.71. The summed E-state index contributed by atoms with van der Waals surface area (Å²) in [6.07, 6.45) is 3.66. The Balaban J connectivity index is 1.76. The van der Waals surface area contributed by atoms with Gasteiger partial charge in [0.25, 0.3) is 0 Å². The molecule has 2 aliphatic heterocycles. The summed E-state index contributed by atoms with van der Waals surface area (Å²) in [5.74, 6) is 0.539. The second-order valence-corrected chi connectivity index (χ2v) is 6.68. The Morgan fingerprint density at radius 1 is 1.29 bits per heavy atom. The molecule has 4 heteroatoms. The van der Waals surface area contributed by atoms with E-state index in [0.717, 1.165) is 30.8 Å². The van der Waals surface area contributed by atoms with E-state index in [2.05, 4.69) is 16.8 Å². The van der Waals surface area contributed by atoms with E-state index in [9.17, 15) is 4.39 Å². The zero-order chi connectivity index (χ0) is 15.0. The van der Waals surface area contributed by atoms with Crippen molar-refractivity contribution in [3.63, 3.8) is 0 Å². The minimum absolute atomic E-state index is 0.119. The van der Waals surface area contributed by atoms with Gasteiger partial charge in [-0.3, -0.25) is 0 Å². The fourth-order valence-electron chi connectivity index (χ4n) is 3.93. The number of fused-ring (bicyclic) bond motifs is 1. The lowest BCUT2D eigenvalue weighted by molar-refractivity contribution is 0.102. The molecule has 1 aromatic carbocycles. The molecule has 2 N–H and O–H groups in total. The van der Waals surface area contributed by atoms with Gasteiger partial charge in [0.05, 0.1) is 5.69 Å². The normalized spacial score (nSPS) is 28.3. The topological polar surface area (TPSA) is 32.5 Å². The zero-order valence-electron chi connectivity index (χ0n) is 13.1. The van der Waals surface area contributed by atoms with Gasteiger partial charge in [-0.25, -0.2) is 4.39 Å². The van der Waals surface area contributed by atoms with Crippen LogP contribution in [0.3, 0.4) is 0 Å². The molecule has 2 unspecified atom stereocenters. The molecule has 0 radical (unpaired) electrons. The van der Waals surface area contributed by atoms with Crippen molar-refractivity contribution in [1.29, 1.82) is 0 Å². The first-order chi connectivity index (χ1) is 10.1. The van der Waals surface area contributed by atoms with Crippen LogP contribution in [0.4, 0.5) is 10.1 Å². The van der Waals surface area contributed by atoms with Gasteiger partial charge in [0, 0.05) is 25.2 Å². The van der Waals surface area contributed by atoms with Crippen molar-refractivity contribution >= 4 is 5.69 Å². The first-order valence-corrected chi connectivity index (χ1v) is 8.06. The SMILES string of the molecule is C[C@H](N)c1ccc(N2CCC3C(CCCN3C)C2)c(F)c1. The lowest BCUT2D eigenvalue weighted by atomic mass is 9.84. The second kappa shape index (κ2) is 5.93. The standard InChI is InChI=1S/C17H26FN3/c1-12(19)13-5-6-17(15(18)10-13)21-9-7-16-14(11-21)4-3-8-20(16)2/h5-6,10,12,14,16H,3-4,7-9,11,19H2,1-2H3/t12-,14?,16?/m0/s1. The molecular formula is C17H26FN3. The van der Waals surface area contributed by atoms with Gasteiger partial charge in [-0.1, -0.05) is 6.07 Å². The number of rotatable bonds is 2.